The molecule has 1 atom stereocenters. The van der Waals surface area contributed by atoms with Crippen molar-refractivity contribution in [3.63, 3.8) is 0 Å². The maximum absolute atomic E-state index is 4.43. The third kappa shape index (κ3) is 1.88. The molecular weight excluding hydrogens is 132 g/mol. The third-order valence-corrected chi connectivity index (χ3v) is 1.15. The second kappa shape index (κ2) is 3.28. The number of nitrogens with zero attached hydrogens (tertiary/aromatic N) is 2. The zero-order valence-electron chi connectivity index (χ0n) is 4.82. The van der Waals surface area contributed by atoms with Crippen LogP contribution in [0.4, 0.5) is 0 Å². The fourth-order valence-corrected chi connectivity index (χ4v) is 0.760. The lowest BCUT2D eigenvalue weighted by atomic mass is 10.2. The number of rotatable bonds is 1. The van der Waals surface area contributed by atoms with E-state index in [2.05, 4.69) is 27.4 Å². The molecule has 1 unspecified atom stereocenters. The largest absolute Gasteiger partial charge is 0.267 e. The van der Waals surface area contributed by atoms with E-state index in [-0.39, 0.29) is 6.04 Å². The zero-order chi connectivity index (χ0) is 6.53. The average Bonchev–Trinajstić information content (AvgIpc) is 1.91. The van der Waals surface area contributed by atoms with Crippen LogP contribution >= 0.6 is 12.2 Å². The molecule has 1 heterocycles. The molecule has 0 aromatic rings. The van der Waals surface area contributed by atoms with Gasteiger partial charge in [-0.05, 0) is 18.6 Å². The van der Waals surface area contributed by atoms with E-state index in [0.29, 0.717) is 0 Å². The number of hydrogen-bond donors (Lipinski definition) is 0. The van der Waals surface area contributed by atoms with Crippen molar-refractivity contribution in [3.8, 4) is 0 Å². The summed E-state index contributed by atoms with van der Waals surface area (Å²) in [7, 11) is 0. The van der Waals surface area contributed by atoms with Gasteiger partial charge in [0, 0.05) is 12.4 Å². The highest BCUT2D eigenvalue weighted by Gasteiger charge is 2.00. The first kappa shape index (κ1) is 6.33. The summed E-state index contributed by atoms with van der Waals surface area (Å²) in [5.41, 5.74) is 0. The molecule has 3 heteroatoms. The van der Waals surface area contributed by atoms with Gasteiger partial charge in [-0.25, -0.2) is 4.99 Å². The fraction of sp³-hybridized carbons (Fsp3) is 0.333. The van der Waals surface area contributed by atoms with E-state index in [1.165, 1.54) is 0 Å². The van der Waals surface area contributed by atoms with Crippen LogP contribution in [-0.4, -0.2) is 17.4 Å². The highest BCUT2D eigenvalue weighted by atomic mass is 32.1. The summed E-state index contributed by atoms with van der Waals surface area (Å²) in [5, 5.41) is 2.32. The molecule has 0 amide bonds. The van der Waals surface area contributed by atoms with E-state index in [1.807, 2.05) is 6.08 Å². The van der Waals surface area contributed by atoms with Gasteiger partial charge in [0.15, 0.2) is 0 Å². The van der Waals surface area contributed by atoms with Gasteiger partial charge in [-0.1, -0.05) is 6.08 Å². The van der Waals surface area contributed by atoms with Crippen LogP contribution in [0.5, 0.6) is 0 Å². The van der Waals surface area contributed by atoms with Gasteiger partial charge in [-0.15, -0.1) is 0 Å². The standard InChI is InChI=1S/C6H6N2S/c9-5-8-6-2-1-3-7-4-6/h1,3-4,6H,2H2. The fourth-order valence-electron chi connectivity index (χ4n) is 0.625. The van der Waals surface area contributed by atoms with Gasteiger partial charge in [0.05, 0.1) is 11.2 Å². The molecule has 1 rings (SSSR count). The first-order chi connectivity index (χ1) is 4.43. The van der Waals surface area contributed by atoms with Crippen molar-refractivity contribution < 1.29 is 0 Å². The molecule has 0 fully saturated rings. The topological polar surface area (TPSA) is 24.7 Å². The second-order valence-corrected chi connectivity index (χ2v) is 1.89. The van der Waals surface area contributed by atoms with Gasteiger partial charge in [0.25, 0.3) is 0 Å². The molecule has 0 aliphatic carbocycles. The van der Waals surface area contributed by atoms with Crippen LogP contribution in [0.3, 0.4) is 0 Å². The molecule has 1 aliphatic rings. The summed E-state index contributed by atoms with van der Waals surface area (Å²) >= 11 is 4.43. The van der Waals surface area contributed by atoms with E-state index >= 15 is 0 Å². The van der Waals surface area contributed by atoms with Gasteiger partial charge in [0.2, 0.25) is 0 Å². The molecule has 9 heavy (non-hydrogen) atoms. The van der Waals surface area contributed by atoms with Crippen LogP contribution < -0.4 is 0 Å². The predicted molar refractivity (Wildman–Crippen MR) is 41.1 cm³/mol. The Hall–Kier alpha value is -0.790. The second-order valence-electron chi connectivity index (χ2n) is 1.71. The first-order valence-electron chi connectivity index (χ1n) is 2.69. The van der Waals surface area contributed by atoms with Crippen LogP contribution in [0.15, 0.2) is 22.3 Å². The summed E-state index contributed by atoms with van der Waals surface area (Å²) in [6, 6.07) is 0.132. The van der Waals surface area contributed by atoms with Crippen molar-refractivity contribution in [2.24, 2.45) is 9.98 Å². The molecule has 0 spiro atoms. The minimum absolute atomic E-state index is 0.132. The number of thiocarbonyl (C=S) groups is 1. The maximum Gasteiger partial charge on any atom is 0.0988 e. The molecule has 0 saturated carbocycles. The Morgan fingerprint density at radius 3 is 3.22 bits per heavy atom. The Balaban J connectivity index is 2.55. The molecule has 0 N–H and O–H groups in total. The van der Waals surface area contributed by atoms with Crippen molar-refractivity contribution in [2.75, 3.05) is 0 Å². The van der Waals surface area contributed by atoms with Crippen molar-refractivity contribution >= 4 is 23.6 Å². The minimum Gasteiger partial charge on any atom is -0.267 e. The van der Waals surface area contributed by atoms with Crippen LogP contribution in [0.25, 0.3) is 0 Å². The summed E-state index contributed by atoms with van der Waals surface area (Å²) < 4.78 is 0. The van der Waals surface area contributed by atoms with Gasteiger partial charge in [-0.2, -0.15) is 0 Å². The van der Waals surface area contributed by atoms with E-state index < -0.39 is 0 Å². The summed E-state index contributed by atoms with van der Waals surface area (Å²) in [6.45, 7) is 0. The van der Waals surface area contributed by atoms with Crippen molar-refractivity contribution in [2.45, 2.75) is 12.5 Å². The van der Waals surface area contributed by atoms with E-state index in [9.17, 15) is 0 Å². The molecule has 1 aliphatic heterocycles. The lowest BCUT2D eigenvalue weighted by Crippen LogP contribution is -2.05. The SMILES string of the molecule is S=C=NC1C=NC=CC1. The molecule has 0 aromatic heterocycles. The van der Waals surface area contributed by atoms with Crippen molar-refractivity contribution in [1.29, 1.82) is 0 Å². The molecular formula is C6H6N2S. The van der Waals surface area contributed by atoms with Gasteiger partial charge >= 0.3 is 0 Å². The van der Waals surface area contributed by atoms with Crippen LogP contribution in [0, 0.1) is 0 Å². The van der Waals surface area contributed by atoms with Crippen molar-refractivity contribution in [1.82, 2.24) is 0 Å². The Morgan fingerprint density at radius 2 is 2.67 bits per heavy atom. The van der Waals surface area contributed by atoms with E-state index in [4.69, 9.17) is 0 Å². The smallest absolute Gasteiger partial charge is 0.0988 e. The summed E-state index contributed by atoms with van der Waals surface area (Å²) in [6.07, 6.45) is 6.38. The summed E-state index contributed by atoms with van der Waals surface area (Å²) in [5.74, 6) is 0. The average molecular weight is 138 g/mol. The Labute approximate surface area is 59.0 Å². The first-order valence-corrected chi connectivity index (χ1v) is 3.09. The van der Waals surface area contributed by atoms with Gasteiger partial charge < -0.3 is 0 Å². The lowest BCUT2D eigenvalue weighted by molar-refractivity contribution is 0.887. The maximum atomic E-state index is 4.43. The summed E-state index contributed by atoms with van der Waals surface area (Å²) in [4.78, 5) is 7.74. The minimum atomic E-state index is 0.132. The number of aliphatic imine (C=N–C) groups is 2. The lowest BCUT2D eigenvalue weighted by Gasteiger charge is -2.01. The molecule has 0 bridgehead atoms. The Bertz CT molecular complexity index is 189. The molecule has 0 saturated heterocycles. The number of hydrogen-bond acceptors (Lipinski definition) is 3. The number of isothiocyanates is 1. The van der Waals surface area contributed by atoms with Gasteiger partial charge in [-0.3, -0.25) is 4.99 Å². The Morgan fingerprint density at radius 1 is 1.78 bits per heavy atom. The quantitative estimate of drug-likeness (QED) is 0.397. The van der Waals surface area contributed by atoms with Gasteiger partial charge in [0.1, 0.15) is 0 Å². The molecule has 46 valence electrons. The van der Waals surface area contributed by atoms with E-state index in [0.717, 1.165) is 6.42 Å². The third-order valence-electron chi connectivity index (χ3n) is 1.05. The van der Waals surface area contributed by atoms with Crippen LogP contribution in [0.1, 0.15) is 6.42 Å². The molecule has 0 aromatic carbocycles. The monoisotopic (exact) mass is 138 g/mol. The normalized spacial score (nSPS) is 23.3. The molecule has 0 radical (unpaired) electrons. The van der Waals surface area contributed by atoms with E-state index in [1.54, 1.807) is 12.4 Å². The predicted octanol–water partition coefficient (Wildman–Crippen LogP) is 1.45. The van der Waals surface area contributed by atoms with Crippen molar-refractivity contribution in [3.05, 3.63) is 12.3 Å². The zero-order valence-corrected chi connectivity index (χ0v) is 5.64. The Kier molecular flexibility index (Phi) is 2.31. The highest BCUT2D eigenvalue weighted by Crippen LogP contribution is 2.00. The highest BCUT2D eigenvalue weighted by molar-refractivity contribution is 7.78. The molecule has 2 nitrogen and oxygen atoms in total. The van der Waals surface area contributed by atoms with Crippen LogP contribution in [0.2, 0.25) is 0 Å². The van der Waals surface area contributed by atoms with Crippen LogP contribution in [-0.2, 0) is 0 Å².